The van der Waals surface area contributed by atoms with Crippen LogP contribution < -0.4 is 0 Å². The van der Waals surface area contributed by atoms with Crippen molar-refractivity contribution in [3.05, 3.63) is 205 Å². The van der Waals surface area contributed by atoms with Gasteiger partial charge in [0.2, 0.25) is 0 Å². The predicted molar refractivity (Wildman–Crippen MR) is 242 cm³/mol. The van der Waals surface area contributed by atoms with Crippen molar-refractivity contribution in [2.75, 3.05) is 0 Å². The Kier molecular flexibility index (Phi) is 7.90. The molecule has 274 valence electrons. The van der Waals surface area contributed by atoms with E-state index in [9.17, 15) is 0 Å². The summed E-state index contributed by atoms with van der Waals surface area (Å²) in [4.78, 5) is 10.4. The molecule has 4 nitrogen and oxygen atoms in total. The molecule has 0 aliphatic carbocycles. The summed E-state index contributed by atoms with van der Waals surface area (Å²) < 4.78 is 4.59. The van der Waals surface area contributed by atoms with E-state index in [0.29, 0.717) is 0 Å². The van der Waals surface area contributed by atoms with Crippen LogP contribution in [0.25, 0.3) is 100 Å². The lowest BCUT2D eigenvalue weighted by atomic mass is 9.85. The fourth-order valence-corrected chi connectivity index (χ4v) is 8.96. The van der Waals surface area contributed by atoms with Crippen LogP contribution in [-0.4, -0.2) is 19.1 Å². The van der Waals surface area contributed by atoms with Crippen molar-refractivity contribution in [3.8, 4) is 56.4 Å². The second kappa shape index (κ2) is 13.6. The first kappa shape index (κ1) is 33.8. The molecule has 9 aromatic carbocycles. The van der Waals surface area contributed by atoms with Crippen molar-refractivity contribution in [2.45, 2.75) is 13.8 Å². The third kappa shape index (κ3) is 5.37. The zero-order valence-corrected chi connectivity index (χ0v) is 32.3. The van der Waals surface area contributed by atoms with Gasteiger partial charge in [-0.15, -0.1) is 0 Å². The number of hydrogen-bond acceptors (Lipinski definition) is 2. The first-order valence-corrected chi connectivity index (χ1v) is 19.8. The molecule has 0 unspecified atom stereocenters. The van der Waals surface area contributed by atoms with Crippen LogP contribution in [0.4, 0.5) is 0 Å². The van der Waals surface area contributed by atoms with Gasteiger partial charge < -0.3 is 0 Å². The van der Waals surface area contributed by atoms with Gasteiger partial charge in [-0.25, -0.2) is 9.97 Å². The van der Waals surface area contributed by atoms with Gasteiger partial charge in [0.05, 0.1) is 22.1 Å². The summed E-state index contributed by atoms with van der Waals surface area (Å²) >= 11 is 0. The van der Waals surface area contributed by atoms with E-state index in [4.69, 9.17) is 9.97 Å². The zero-order chi connectivity index (χ0) is 38.7. The minimum Gasteiger partial charge on any atom is -0.292 e. The number of imidazole rings is 2. The SMILES string of the molecule is Cc1cccc2nc(-c3ccc(-c4c5ccccc5c(-c5ccc(-c6nc7cccc(C)c7n6-c6ccccc6)cc5)c5ccccc45)cc3)n(-c3ccccc3)c12. The lowest BCUT2D eigenvalue weighted by molar-refractivity contribution is 1.10. The summed E-state index contributed by atoms with van der Waals surface area (Å²) in [6.07, 6.45) is 0. The Morgan fingerprint density at radius 2 is 0.638 bits per heavy atom. The predicted octanol–water partition coefficient (Wildman–Crippen LogP) is 14.0. The molecule has 0 fully saturated rings. The minimum atomic E-state index is 0.935. The molecule has 0 spiro atoms. The maximum atomic E-state index is 5.19. The fourth-order valence-electron chi connectivity index (χ4n) is 8.96. The Hall–Kier alpha value is -7.56. The van der Waals surface area contributed by atoms with Gasteiger partial charge in [0.15, 0.2) is 0 Å². The summed E-state index contributed by atoms with van der Waals surface area (Å²) in [7, 11) is 0. The maximum Gasteiger partial charge on any atom is 0.145 e. The van der Waals surface area contributed by atoms with Gasteiger partial charge in [-0.05, 0) is 105 Å². The topological polar surface area (TPSA) is 35.6 Å². The van der Waals surface area contributed by atoms with E-state index >= 15 is 0 Å². The van der Waals surface area contributed by atoms with E-state index in [-0.39, 0.29) is 0 Å². The Labute approximate surface area is 337 Å². The van der Waals surface area contributed by atoms with Crippen LogP contribution in [0, 0.1) is 13.8 Å². The highest BCUT2D eigenvalue weighted by Crippen LogP contribution is 2.44. The van der Waals surface area contributed by atoms with Crippen LogP contribution in [-0.2, 0) is 0 Å². The summed E-state index contributed by atoms with van der Waals surface area (Å²) in [5.41, 5.74) is 15.8. The molecule has 0 saturated heterocycles. The van der Waals surface area contributed by atoms with Crippen LogP contribution in [0.2, 0.25) is 0 Å². The molecular weight excluding hydrogens is 705 g/mol. The van der Waals surface area contributed by atoms with E-state index in [2.05, 4.69) is 217 Å². The zero-order valence-electron chi connectivity index (χ0n) is 32.3. The van der Waals surface area contributed by atoms with Crippen molar-refractivity contribution < 1.29 is 0 Å². The monoisotopic (exact) mass is 742 g/mol. The van der Waals surface area contributed by atoms with E-state index in [1.54, 1.807) is 0 Å². The second-order valence-electron chi connectivity index (χ2n) is 15.1. The van der Waals surface area contributed by atoms with Crippen LogP contribution in [0.3, 0.4) is 0 Å². The van der Waals surface area contributed by atoms with Gasteiger partial charge >= 0.3 is 0 Å². The lowest BCUT2D eigenvalue weighted by Gasteiger charge is -2.18. The number of nitrogens with zero attached hydrogens (tertiary/aromatic N) is 4. The quantitative estimate of drug-likeness (QED) is 0.159. The van der Waals surface area contributed by atoms with E-state index in [0.717, 1.165) is 56.2 Å². The normalized spacial score (nSPS) is 11.6. The van der Waals surface area contributed by atoms with Crippen LogP contribution in [0.1, 0.15) is 11.1 Å². The molecule has 0 aliphatic heterocycles. The van der Waals surface area contributed by atoms with E-state index in [1.807, 2.05) is 0 Å². The number of para-hydroxylation sites is 4. The maximum absolute atomic E-state index is 5.19. The van der Waals surface area contributed by atoms with Crippen molar-refractivity contribution in [2.24, 2.45) is 0 Å². The number of rotatable bonds is 6. The van der Waals surface area contributed by atoms with Gasteiger partial charge in [0.1, 0.15) is 11.6 Å². The standard InChI is InChI=1S/C54H38N4/c1-35-15-13-25-47-51(35)57(41-17-5-3-6-18-41)53(55-47)39-31-27-37(28-32-39)49-43-21-9-11-23-45(43)50(46-24-12-10-22-44(46)49)38-29-33-40(34-30-38)54-56-48-26-14-16-36(2)52(48)58(54)42-19-7-4-8-20-42/h3-34H,1-2H3. The van der Waals surface area contributed by atoms with E-state index < -0.39 is 0 Å². The number of fused-ring (bicyclic) bond motifs is 4. The third-order valence-electron chi connectivity index (χ3n) is 11.6. The first-order chi connectivity index (χ1) is 28.6. The molecule has 11 aromatic rings. The Balaban J connectivity index is 1.04. The molecular formula is C54H38N4. The average molecular weight is 743 g/mol. The largest absolute Gasteiger partial charge is 0.292 e. The Morgan fingerprint density at radius 3 is 1.00 bits per heavy atom. The number of benzene rings is 9. The molecule has 0 bridgehead atoms. The van der Waals surface area contributed by atoms with Crippen LogP contribution in [0.15, 0.2) is 194 Å². The van der Waals surface area contributed by atoms with Crippen molar-refractivity contribution in [3.63, 3.8) is 0 Å². The van der Waals surface area contributed by atoms with Crippen molar-refractivity contribution in [1.29, 1.82) is 0 Å². The molecule has 0 saturated carbocycles. The van der Waals surface area contributed by atoms with Gasteiger partial charge in [-0.3, -0.25) is 9.13 Å². The molecule has 2 heterocycles. The minimum absolute atomic E-state index is 0.935. The third-order valence-corrected chi connectivity index (χ3v) is 11.6. The molecule has 4 heteroatoms. The van der Waals surface area contributed by atoms with Crippen LogP contribution >= 0.6 is 0 Å². The van der Waals surface area contributed by atoms with Gasteiger partial charge in [-0.2, -0.15) is 0 Å². The first-order valence-electron chi connectivity index (χ1n) is 19.8. The van der Waals surface area contributed by atoms with Crippen molar-refractivity contribution in [1.82, 2.24) is 19.1 Å². The summed E-state index contributed by atoms with van der Waals surface area (Å²) in [5, 5.41) is 4.89. The van der Waals surface area contributed by atoms with Crippen LogP contribution in [0.5, 0.6) is 0 Å². The molecule has 0 N–H and O–H groups in total. The number of aryl methyl sites for hydroxylation is 2. The van der Waals surface area contributed by atoms with Gasteiger partial charge in [-0.1, -0.05) is 158 Å². The van der Waals surface area contributed by atoms with Crippen molar-refractivity contribution >= 4 is 43.6 Å². The smallest absolute Gasteiger partial charge is 0.145 e. The van der Waals surface area contributed by atoms with Gasteiger partial charge in [0.25, 0.3) is 0 Å². The summed E-state index contributed by atoms with van der Waals surface area (Å²) in [6, 6.07) is 69.5. The second-order valence-corrected chi connectivity index (χ2v) is 15.1. The number of hydrogen-bond donors (Lipinski definition) is 0. The molecule has 58 heavy (non-hydrogen) atoms. The Morgan fingerprint density at radius 1 is 0.310 bits per heavy atom. The molecule has 0 amide bonds. The molecule has 0 aliphatic rings. The molecule has 11 rings (SSSR count). The molecule has 2 aromatic heterocycles. The van der Waals surface area contributed by atoms with E-state index in [1.165, 1.54) is 54.9 Å². The highest BCUT2D eigenvalue weighted by Gasteiger charge is 2.20. The molecule has 0 radical (unpaired) electrons. The summed E-state index contributed by atoms with van der Waals surface area (Å²) in [6.45, 7) is 4.32. The molecule has 0 atom stereocenters. The Bertz CT molecular complexity index is 3040. The fraction of sp³-hybridized carbons (Fsp3) is 0.0370. The summed E-state index contributed by atoms with van der Waals surface area (Å²) in [5.74, 6) is 1.87. The lowest BCUT2D eigenvalue weighted by Crippen LogP contribution is -1.98. The van der Waals surface area contributed by atoms with Gasteiger partial charge in [0, 0.05) is 22.5 Å². The number of aromatic nitrogens is 4. The highest BCUT2D eigenvalue weighted by atomic mass is 15.1. The average Bonchev–Trinajstić information content (AvgIpc) is 3.88. The highest BCUT2D eigenvalue weighted by molar-refractivity contribution is 6.21.